The molecule has 2 fully saturated rings. The maximum Gasteiger partial charge on any atom is 0.243 e. The van der Waals surface area contributed by atoms with Crippen molar-refractivity contribution in [3.63, 3.8) is 0 Å². The molecule has 1 aliphatic carbocycles. The van der Waals surface area contributed by atoms with Gasteiger partial charge in [-0.25, -0.2) is 8.42 Å². The first kappa shape index (κ1) is 20.4. The van der Waals surface area contributed by atoms with Crippen LogP contribution >= 0.6 is 0 Å². The number of rotatable bonds is 5. The molecule has 1 atom stereocenters. The molecule has 0 unspecified atom stereocenters. The molecule has 1 amide bonds. The number of carbonyl (C=O) groups is 1. The van der Waals surface area contributed by atoms with Crippen LogP contribution in [-0.4, -0.2) is 42.3 Å². The van der Waals surface area contributed by atoms with Gasteiger partial charge in [0.05, 0.1) is 10.8 Å². The molecule has 2 aromatic rings. The van der Waals surface area contributed by atoms with Gasteiger partial charge in [-0.15, -0.1) is 0 Å². The van der Waals surface area contributed by atoms with Crippen molar-refractivity contribution in [3.05, 3.63) is 30.5 Å². The summed E-state index contributed by atoms with van der Waals surface area (Å²) in [4.78, 5) is 13.1. The number of nitrogens with zero attached hydrogens (tertiary/aromatic N) is 2. The van der Waals surface area contributed by atoms with Gasteiger partial charge in [-0.1, -0.05) is 19.3 Å². The first-order valence-electron chi connectivity index (χ1n) is 10.9. The lowest BCUT2D eigenvalue weighted by Crippen LogP contribution is -2.47. The summed E-state index contributed by atoms with van der Waals surface area (Å²) in [7, 11) is -3.61. The third kappa shape index (κ3) is 4.21. The molecule has 1 N–H and O–H groups in total. The summed E-state index contributed by atoms with van der Waals surface area (Å²) in [5.41, 5.74) is 1.04. The van der Waals surface area contributed by atoms with Crippen molar-refractivity contribution in [2.45, 2.75) is 69.4 Å². The molecule has 1 saturated carbocycles. The molecule has 0 spiro atoms. The van der Waals surface area contributed by atoms with Crippen molar-refractivity contribution >= 4 is 26.8 Å². The third-order valence-corrected chi connectivity index (χ3v) is 8.29. The maximum absolute atomic E-state index is 13.3. The molecule has 1 aliphatic heterocycles. The van der Waals surface area contributed by atoms with Gasteiger partial charge in [0.25, 0.3) is 0 Å². The fraction of sp³-hybridized carbons (Fsp3) is 0.591. The normalized spacial score (nSPS) is 22.0. The van der Waals surface area contributed by atoms with Crippen LogP contribution in [0.1, 0.15) is 51.9 Å². The van der Waals surface area contributed by atoms with Crippen molar-refractivity contribution in [2.24, 2.45) is 5.92 Å². The molecule has 0 radical (unpaired) electrons. The summed E-state index contributed by atoms with van der Waals surface area (Å²) in [6.45, 7) is 3.66. The van der Waals surface area contributed by atoms with E-state index in [0.717, 1.165) is 43.1 Å². The molecular weight excluding hydrogens is 386 g/mol. The summed E-state index contributed by atoms with van der Waals surface area (Å²) in [6, 6.07) is 7.53. The topological polar surface area (TPSA) is 71.4 Å². The number of aryl methyl sites for hydroxylation is 1. The average Bonchev–Trinajstić information content (AvgIpc) is 3.17. The van der Waals surface area contributed by atoms with E-state index in [1.54, 1.807) is 12.1 Å². The fourth-order valence-electron chi connectivity index (χ4n) is 4.70. The van der Waals surface area contributed by atoms with Gasteiger partial charge in [0.1, 0.15) is 0 Å². The SMILES string of the molecule is CCn1ccc2cc(S(=O)(=O)N3CCC[C@H](C(=O)NC4CCCCC4)C3)ccc21. The lowest BCUT2D eigenvalue weighted by Gasteiger charge is -2.32. The molecule has 1 saturated heterocycles. The number of hydrogen-bond acceptors (Lipinski definition) is 3. The number of carbonyl (C=O) groups excluding carboxylic acids is 1. The van der Waals surface area contributed by atoms with E-state index in [1.165, 1.54) is 23.6 Å². The Morgan fingerprint density at radius 3 is 2.66 bits per heavy atom. The largest absolute Gasteiger partial charge is 0.353 e. The lowest BCUT2D eigenvalue weighted by atomic mass is 9.93. The Hall–Kier alpha value is -1.86. The number of sulfonamides is 1. The molecule has 4 rings (SSSR count). The van der Waals surface area contributed by atoms with Gasteiger partial charge in [-0.2, -0.15) is 4.31 Å². The van der Waals surface area contributed by atoms with Crippen molar-refractivity contribution in [2.75, 3.05) is 13.1 Å². The van der Waals surface area contributed by atoms with E-state index in [9.17, 15) is 13.2 Å². The lowest BCUT2D eigenvalue weighted by molar-refractivity contribution is -0.127. The minimum atomic E-state index is -3.61. The quantitative estimate of drug-likeness (QED) is 0.809. The summed E-state index contributed by atoms with van der Waals surface area (Å²) in [5.74, 6) is -0.238. The van der Waals surface area contributed by atoms with Gasteiger partial charge in [-0.3, -0.25) is 4.79 Å². The van der Waals surface area contributed by atoms with Gasteiger partial charge >= 0.3 is 0 Å². The van der Waals surface area contributed by atoms with Crippen LogP contribution in [0.3, 0.4) is 0 Å². The number of amides is 1. The Kier molecular flexibility index (Phi) is 5.97. The summed E-state index contributed by atoms with van der Waals surface area (Å²) < 4.78 is 30.1. The second-order valence-corrected chi connectivity index (χ2v) is 10.3. The zero-order valence-electron chi connectivity index (χ0n) is 17.1. The number of benzene rings is 1. The second kappa shape index (κ2) is 8.48. The zero-order valence-corrected chi connectivity index (χ0v) is 18.0. The monoisotopic (exact) mass is 417 g/mol. The summed E-state index contributed by atoms with van der Waals surface area (Å²) in [6.07, 6.45) is 9.10. The molecule has 1 aromatic carbocycles. The highest BCUT2D eigenvalue weighted by molar-refractivity contribution is 7.89. The Bertz CT molecular complexity index is 976. The number of piperidine rings is 1. The van der Waals surface area contributed by atoms with Crippen LogP contribution in [0.4, 0.5) is 0 Å². The molecule has 0 bridgehead atoms. The number of nitrogens with one attached hydrogen (secondary N) is 1. The minimum Gasteiger partial charge on any atom is -0.353 e. The molecule has 7 heteroatoms. The molecule has 158 valence electrons. The summed E-state index contributed by atoms with van der Waals surface area (Å²) in [5, 5.41) is 4.10. The molecule has 2 heterocycles. The smallest absolute Gasteiger partial charge is 0.243 e. The van der Waals surface area contributed by atoms with Crippen molar-refractivity contribution in [3.8, 4) is 0 Å². The van der Waals surface area contributed by atoms with Crippen LogP contribution in [0.2, 0.25) is 0 Å². The van der Waals surface area contributed by atoms with Gasteiger partial charge in [0.2, 0.25) is 15.9 Å². The highest BCUT2D eigenvalue weighted by Gasteiger charge is 2.34. The standard InChI is InChI=1S/C22H31N3O3S/c1-2-24-14-12-17-15-20(10-11-21(17)24)29(27,28)25-13-6-7-18(16-25)22(26)23-19-8-4-3-5-9-19/h10-12,14-15,18-19H,2-9,13,16H2,1H3,(H,23,26)/t18-/m0/s1. The number of hydrogen-bond donors (Lipinski definition) is 1. The average molecular weight is 418 g/mol. The highest BCUT2D eigenvalue weighted by Crippen LogP contribution is 2.27. The van der Waals surface area contributed by atoms with Gasteiger partial charge < -0.3 is 9.88 Å². The second-order valence-electron chi connectivity index (χ2n) is 8.37. The van der Waals surface area contributed by atoms with Crippen LogP contribution in [0.15, 0.2) is 35.4 Å². The molecule has 2 aliphatic rings. The van der Waals surface area contributed by atoms with E-state index in [4.69, 9.17) is 0 Å². The first-order valence-corrected chi connectivity index (χ1v) is 12.3. The first-order chi connectivity index (χ1) is 14.0. The molecule has 1 aromatic heterocycles. The fourth-order valence-corrected chi connectivity index (χ4v) is 6.26. The van der Waals surface area contributed by atoms with Gasteiger partial charge in [0.15, 0.2) is 0 Å². The Balaban J connectivity index is 1.48. The van der Waals surface area contributed by atoms with E-state index < -0.39 is 10.0 Å². The van der Waals surface area contributed by atoms with Crippen molar-refractivity contribution in [1.82, 2.24) is 14.2 Å². The van der Waals surface area contributed by atoms with Gasteiger partial charge in [0, 0.05) is 42.8 Å². The summed E-state index contributed by atoms with van der Waals surface area (Å²) >= 11 is 0. The van der Waals surface area contributed by atoms with Crippen LogP contribution in [-0.2, 0) is 21.4 Å². The van der Waals surface area contributed by atoms with E-state index in [-0.39, 0.29) is 24.4 Å². The Labute approximate surface area is 173 Å². The van der Waals surface area contributed by atoms with E-state index in [2.05, 4.69) is 16.8 Å². The van der Waals surface area contributed by atoms with Crippen LogP contribution in [0.5, 0.6) is 0 Å². The third-order valence-electron chi connectivity index (χ3n) is 6.43. The van der Waals surface area contributed by atoms with Crippen molar-refractivity contribution < 1.29 is 13.2 Å². The number of aromatic nitrogens is 1. The van der Waals surface area contributed by atoms with E-state index >= 15 is 0 Å². The van der Waals surface area contributed by atoms with E-state index in [0.29, 0.717) is 11.4 Å². The van der Waals surface area contributed by atoms with E-state index in [1.807, 2.05) is 18.3 Å². The molecule has 29 heavy (non-hydrogen) atoms. The highest BCUT2D eigenvalue weighted by atomic mass is 32.2. The maximum atomic E-state index is 13.3. The Morgan fingerprint density at radius 2 is 1.90 bits per heavy atom. The molecule has 6 nitrogen and oxygen atoms in total. The predicted octanol–water partition coefficient (Wildman–Crippen LogP) is 3.51. The molecular formula is C22H31N3O3S. The van der Waals surface area contributed by atoms with Crippen molar-refractivity contribution in [1.29, 1.82) is 0 Å². The number of fused-ring (bicyclic) bond motifs is 1. The predicted molar refractivity (Wildman–Crippen MR) is 114 cm³/mol. The minimum absolute atomic E-state index is 0.0206. The van der Waals surface area contributed by atoms with Gasteiger partial charge in [-0.05, 0) is 56.9 Å². The Morgan fingerprint density at radius 1 is 1.10 bits per heavy atom. The zero-order chi connectivity index (χ0) is 20.4. The van der Waals surface area contributed by atoms with Crippen LogP contribution in [0, 0.1) is 5.92 Å². The van der Waals surface area contributed by atoms with Crippen LogP contribution in [0.25, 0.3) is 10.9 Å². The van der Waals surface area contributed by atoms with Crippen LogP contribution < -0.4 is 5.32 Å².